The van der Waals surface area contributed by atoms with Crippen molar-refractivity contribution in [1.29, 1.82) is 0 Å². The third-order valence-electron chi connectivity index (χ3n) is 4.32. The Morgan fingerprint density at radius 2 is 1.84 bits per heavy atom. The van der Waals surface area contributed by atoms with Gasteiger partial charge in [-0.1, -0.05) is 48.0 Å². The van der Waals surface area contributed by atoms with Crippen LogP contribution in [0.15, 0.2) is 59.4 Å². The molecule has 1 heterocycles. The van der Waals surface area contributed by atoms with Crippen LogP contribution in [-0.4, -0.2) is 10.5 Å². The molecule has 0 aliphatic rings. The third kappa shape index (κ3) is 3.97. The highest BCUT2D eigenvalue weighted by molar-refractivity contribution is 5.80. The Morgan fingerprint density at radius 3 is 2.64 bits per heavy atom. The predicted molar refractivity (Wildman–Crippen MR) is 101 cm³/mol. The monoisotopic (exact) mass is 334 g/mol. The van der Waals surface area contributed by atoms with Crippen LogP contribution >= 0.6 is 0 Å². The normalized spacial score (nSPS) is 10.8. The lowest BCUT2D eigenvalue weighted by Gasteiger charge is -2.12. The maximum atomic E-state index is 12.4. The number of hydrogen-bond acceptors (Lipinski definition) is 2. The Balaban J connectivity index is 1.69. The molecule has 0 atom stereocenters. The fraction of sp³-hybridized carbons (Fsp3) is 0.238. The number of fused-ring (bicyclic) bond motifs is 1. The van der Waals surface area contributed by atoms with Gasteiger partial charge in [-0.15, -0.1) is 0 Å². The number of rotatable bonds is 5. The van der Waals surface area contributed by atoms with Gasteiger partial charge in [-0.05, 0) is 36.9 Å². The van der Waals surface area contributed by atoms with E-state index < -0.39 is 0 Å². The summed E-state index contributed by atoms with van der Waals surface area (Å²) in [5.41, 5.74) is 3.77. The molecule has 0 radical (unpaired) electrons. The molecule has 128 valence electrons. The SMILES string of the molecule is Cc1cccc(CNC(=O)CCn2c(=O)c(C)cc3ccccc32)c1. The number of nitrogens with one attached hydrogen (secondary N) is 1. The first-order valence-electron chi connectivity index (χ1n) is 8.46. The van der Waals surface area contributed by atoms with Gasteiger partial charge in [0.2, 0.25) is 5.91 Å². The van der Waals surface area contributed by atoms with E-state index in [0.717, 1.165) is 16.5 Å². The van der Waals surface area contributed by atoms with Crippen LogP contribution < -0.4 is 10.9 Å². The second-order valence-corrected chi connectivity index (χ2v) is 6.36. The maximum absolute atomic E-state index is 12.4. The topological polar surface area (TPSA) is 51.1 Å². The summed E-state index contributed by atoms with van der Waals surface area (Å²) >= 11 is 0. The van der Waals surface area contributed by atoms with Crippen molar-refractivity contribution in [2.24, 2.45) is 0 Å². The molecule has 0 aliphatic heterocycles. The van der Waals surface area contributed by atoms with E-state index in [1.54, 1.807) is 4.57 Å². The zero-order valence-corrected chi connectivity index (χ0v) is 14.6. The molecule has 3 rings (SSSR count). The van der Waals surface area contributed by atoms with Crippen LogP contribution in [0.1, 0.15) is 23.1 Å². The quantitative estimate of drug-likeness (QED) is 0.778. The first-order chi connectivity index (χ1) is 12.0. The predicted octanol–water partition coefficient (Wildman–Crippen LogP) is 3.32. The number of pyridine rings is 1. The van der Waals surface area contributed by atoms with Crippen LogP contribution in [0, 0.1) is 13.8 Å². The average Bonchev–Trinajstić information content (AvgIpc) is 2.60. The Morgan fingerprint density at radius 1 is 1.04 bits per heavy atom. The van der Waals surface area contributed by atoms with E-state index in [1.807, 2.05) is 62.4 Å². The van der Waals surface area contributed by atoms with Crippen LogP contribution in [0.5, 0.6) is 0 Å². The number of para-hydroxylation sites is 1. The zero-order valence-electron chi connectivity index (χ0n) is 14.6. The average molecular weight is 334 g/mol. The highest BCUT2D eigenvalue weighted by Gasteiger charge is 2.08. The molecule has 4 heteroatoms. The van der Waals surface area contributed by atoms with Crippen molar-refractivity contribution >= 4 is 16.8 Å². The first kappa shape index (κ1) is 17.0. The van der Waals surface area contributed by atoms with Crippen molar-refractivity contribution in [1.82, 2.24) is 9.88 Å². The molecule has 0 unspecified atom stereocenters. The Labute approximate surface area is 147 Å². The molecule has 1 N–H and O–H groups in total. The summed E-state index contributed by atoms with van der Waals surface area (Å²) in [7, 11) is 0. The molecule has 1 aromatic heterocycles. The van der Waals surface area contributed by atoms with Crippen molar-refractivity contribution in [2.45, 2.75) is 33.4 Å². The van der Waals surface area contributed by atoms with Gasteiger partial charge in [0.05, 0.1) is 5.52 Å². The molecule has 0 saturated carbocycles. The van der Waals surface area contributed by atoms with Gasteiger partial charge >= 0.3 is 0 Å². The molecule has 2 aromatic carbocycles. The number of amides is 1. The molecule has 0 aliphatic carbocycles. The van der Waals surface area contributed by atoms with Crippen LogP contribution in [0.2, 0.25) is 0 Å². The number of hydrogen-bond donors (Lipinski definition) is 1. The van der Waals surface area contributed by atoms with E-state index in [1.165, 1.54) is 5.56 Å². The lowest BCUT2D eigenvalue weighted by Crippen LogP contribution is -2.28. The lowest BCUT2D eigenvalue weighted by atomic mass is 10.1. The summed E-state index contributed by atoms with van der Waals surface area (Å²) in [6.07, 6.45) is 0.277. The minimum atomic E-state index is -0.0565. The maximum Gasteiger partial charge on any atom is 0.253 e. The van der Waals surface area contributed by atoms with E-state index in [-0.39, 0.29) is 17.9 Å². The van der Waals surface area contributed by atoms with Crippen molar-refractivity contribution in [3.8, 4) is 0 Å². The molecular formula is C21H22N2O2. The summed E-state index contributed by atoms with van der Waals surface area (Å²) in [5.74, 6) is -0.0565. The van der Waals surface area contributed by atoms with Gasteiger partial charge in [0, 0.05) is 25.1 Å². The Hall–Kier alpha value is -2.88. The number of carbonyl (C=O) groups is 1. The van der Waals surface area contributed by atoms with Gasteiger partial charge in [0.25, 0.3) is 5.56 Å². The molecule has 0 bridgehead atoms. The van der Waals surface area contributed by atoms with Crippen LogP contribution in [0.4, 0.5) is 0 Å². The zero-order chi connectivity index (χ0) is 17.8. The van der Waals surface area contributed by atoms with Crippen LogP contribution in [0.25, 0.3) is 10.9 Å². The number of benzene rings is 2. The Bertz CT molecular complexity index is 973. The van der Waals surface area contributed by atoms with Gasteiger partial charge in [-0.3, -0.25) is 9.59 Å². The minimum absolute atomic E-state index is 0.0369. The fourth-order valence-electron chi connectivity index (χ4n) is 3.02. The second-order valence-electron chi connectivity index (χ2n) is 6.36. The van der Waals surface area contributed by atoms with E-state index in [9.17, 15) is 9.59 Å². The van der Waals surface area contributed by atoms with Crippen molar-refractivity contribution in [2.75, 3.05) is 0 Å². The second kappa shape index (κ2) is 7.34. The smallest absolute Gasteiger partial charge is 0.253 e. The molecule has 0 spiro atoms. The molecule has 3 aromatic rings. The number of carbonyl (C=O) groups excluding carboxylic acids is 1. The summed E-state index contributed by atoms with van der Waals surface area (Å²) in [6, 6.07) is 17.7. The Kier molecular flexibility index (Phi) is 4.98. The minimum Gasteiger partial charge on any atom is -0.352 e. The lowest BCUT2D eigenvalue weighted by molar-refractivity contribution is -0.121. The van der Waals surface area contributed by atoms with Gasteiger partial charge in [0.1, 0.15) is 0 Å². The molecule has 1 amide bonds. The fourth-order valence-corrected chi connectivity index (χ4v) is 3.02. The summed E-state index contributed by atoms with van der Waals surface area (Å²) in [4.78, 5) is 24.6. The summed E-state index contributed by atoms with van der Waals surface area (Å²) in [5, 5.41) is 3.94. The highest BCUT2D eigenvalue weighted by atomic mass is 16.1. The largest absolute Gasteiger partial charge is 0.352 e. The highest BCUT2D eigenvalue weighted by Crippen LogP contribution is 2.13. The van der Waals surface area contributed by atoms with Gasteiger partial charge in [-0.2, -0.15) is 0 Å². The van der Waals surface area contributed by atoms with E-state index in [4.69, 9.17) is 0 Å². The summed E-state index contributed by atoms with van der Waals surface area (Å²) in [6.45, 7) is 4.72. The van der Waals surface area contributed by atoms with E-state index in [0.29, 0.717) is 18.7 Å². The number of aryl methyl sites for hydroxylation is 3. The standard InChI is InChI=1S/C21H22N2O2/c1-15-6-5-7-17(12-15)14-22-20(24)10-11-23-19-9-4-3-8-18(19)13-16(2)21(23)25/h3-9,12-13H,10-11,14H2,1-2H3,(H,22,24). The molecular weight excluding hydrogens is 312 g/mol. The molecule has 4 nitrogen and oxygen atoms in total. The number of nitrogens with zero attached hydrogens (tertiary/aromatic N) is 1. The van der Waals surface area contributed by atoms with Crippen LogP contribution in [0.3, 0.4) is 0 Å². The van der Waals surface area contributed by atoms with E-state index >= 15 is 0 Å². The van der Waals surface area contributed by atoms with Gasteiger partial charge in [-0.25, -0.2) is 0 Å². The third-order valence-corrected chi connectivity index (χ3v) is 4.32. The van der Waals surface area contributed by atoms with Crippen LogP contribution in [-0.2, 0) is 17.9 Å². The molecule has 0 fully saturated rings. The number of aromatic nitrogens is 1. The molecule has 0 saturated heterocycles. The summed E-state index contributed by atoms with van der Waals surface area (Å²) < 4.78 is 1.69. The van der Waals surface area contributed by atoms with Gasteiger partial charge < -0.3 is 9.88 Å². The first-order valence-corrected chi connectivity index (χ1v) is 8.46. The van der Waals surface area contributed by atoms with Crippen molar-refractivity contribution in [3.05, 3.63) is 81.6 Å². The van der Waals surface area contributed by atoms with Crippen molar-refractivity contribution in [3.63, 3.8) is 0 Å². The molecule has 25 heavy (non-hydrogen) atoms. The van der Waals surface area contributed by atoms with Crippen molar-refractivity contribution < 1.29 is 4.79 Å². The van der Waals surface area contributed by atoms with E-state index in [2.05, 4.69) is 11.4 Å². The van der Waals surface area contributed by atoms with Gasteiger partial charge in [0.15, 0.2) is 0 Å².